The summed E-state index contributed by atoms with van der Waals surface area (Å²) in [7, 11) is -2.25. The Kier molecular flexibility index (Phi) is 4.70. The Hall–Kier alpha value is -3.39. The monoisotopic (exact) mass is 394 g/mol. The van der Waals surface area contributed by atoms with Crippen molar-refractivity contribution in [3.05, 3.63) is 84.8 Å². The molecule has 0 amide bonds. The molecular formula is C20H18N4O3S. The first-order valence-corrected chi connectivity index (χ1v) is 10.0. The minimum Gasteiger partial charge on any atom is -0.497 e. The fraction of sp³-hybridized carbons (Fsp3) is 0.100. The van der Waals surface area contributed by atoms with Gasteiger partial charge in [-0.3, -0.25) is 8.71 Å². The third-order valence-electron chi connectivity index (χ3n) is 4.38. The highest BCUT2D eigenvalue weighted by molar-refractivity contribution is 7.92. The zero-order chi connectivity index (χ0) is 19.6. The van der Waals surface area contributed by atoms with Gasteiger partial charge in [-0.1, -0.05) is 30.3 Å². The zero-order valence-corrected chi connectivity index (χ0v) is 16.0. The van der Waals surface area contributed by atoms with Crippen LogP contribution in [-0.4, -0.2) is 30.1 Å². The quantitative estimate of drug-likeness (QED) is 0.502. The molecule has 0 N–H and O–H groups in total. The Bertz CT molecular complexity index is 1190. The van der Waals surface area contributed by atoms with Gasteiger partial charge in [0.2, 0.25) is 0 Å². The van der Waals surface area contributed by atoms with Crippen LogP contribution in [0.3, 0.4) is 0 Å². The molecule has 8 heteroatoms. The highest BCUT2D eigenvalue weighted by Crippen LogP contribution is 2.28. The molecule has 2 aromatic carbocycles. The van der Waals surface area contributed by atoms with Crippen molar-refractivity contribution in [2.24, 2.45) is 0 Å². The Morgan fingerprint density at radius 1 is 1.00 bits per heavy atom. The normalized spacial score (nSPS) is 11.5. The molecule has 0 spiro atoms. The van der Waals surface area contributed by atoms with Crippen molar-refractivity contribution in [1.82, 2.24) is 14.6 Å². The first kappa shape index (κ1) is 18.0. The van der Waals surface area contributed by atoms with Crippen molar-refractivity contribution >= 4 is 21.4 Å². The molecular weight excluding hydrogens is 376 g/mol. The standard InChI is InChI=1S/C20H18N4O3S/c1-27-18-9-7-17(8-10-18)24(13-16-5-3-2-4-6-16)28(25,26)19-11-12-20-22-21-15-23(20)14-19/h2-12,14-15H,13H2,1H3. The summed E-state index contributed by atoms with van der Waals surface area (Å²) >= 11 is 0. The van der Waals surface area contributed by atoms with Crippen LogP contribution in [0.5, 0.6) is 5.75 Å². The summed E-state index contributed by atoms with van der Waals surface area (Å²) in [6.45, 7) is 0.204. The van der Waals surface area contributed by atoms with Gasteiger partial charge in [-0.15, -0.1) is 10.2 Å². The molecule has 142 valence electrons. The lowest BCUT2D eigenvalue weighted by Gasteiger charge is -2.25. The van der Waals surface area contributed by atoms with Crippen molar-refractivity contribution in [1.29, 1.82) is 0 Å². The molecule has 0 aliphatic heterocycles. The number of nitrogens with zero attached hydrogens (tertiary/aromatic N) is 4. The Morgan fingerprint density at radius 2 is 1.75 bits per heavy atom. The lowest BCUT2D eigenvalue weighted by atomic mass is 10.2. The molecule has 0 saturated heterocycles. The van der Waals surface area contributed by atoms with Crippen molar-refractivity contribution in [2.75, 3.05) is 11.4 Å². The third kappa shape index (κ3) is 3.41. The highest BCUT2D eigenvalue weighted by Gasteiger charge is 2.26. The lowest BCUT2D eigenvalue weighted by molar-refractivity contribution is 0.415. The van der Waals surface area contributed by atoms with E-state index in [2.05, 4.69) is 10.2 Å². The van der Waals surface area contributed by atoms with Crippen LogP contribution in [0.15, 0.2) is 84.1 Å². The van der Waals surface area contributed by atoms with Gasteiger partial charge in [0.1, 0.15) is 17.0 Å². The number of sulfonamides is 1. The summed E-state index contributed by atoms with van der Waals surface area (Å²) in [5.74, 6) is 0.659. The number of rotatable bonds is 6. The van der Waals surface area contributed by atoms with E-state index in [1.54, 1.807) is 47.9 Å². The second kappa shape index (κ2) is 7.32. The second-order valence-electron chi connectivity index (χ2n) is 6.16. The number of hydrogen-bond acceptors (Lipinski definition) is 5. The number of benzene rings is 2. The molecule has 0 saturated carbocycles. The molecule has 0 aliphatic rings. The number of pyridine rings is 1. The third-order valence-corrected chi connectivity index (χ3v) is 6.14. The lowest BCUT2D eigenvalue weighted by Crippen LogP contribution is -2.30. The fourth-order valence-corrected chi connectivity index (χ4v) is 4.36. The van der Waals surface area contributed by atoms with E-state index in [1.807, 2.05) is 30.3 Å². The van der Waals surface area contributed by atoms with E-state index in [-0.39, 0.29) is 11.4 Å². The van der Waals surface area contributed by atoms with Crippen LogP contribution in [0.25, 0.3) is 5.65 Å². The molecule has 7 nitrogen and oxygen atoms in total. The molecule has 0 fully saturated rings. The maximum atomic E-state index is 13.5. The summed E-state index contributed by atoms with van der Waals surface area (Å²) in [5.41, 5.74) is 2.01. The van der Waals surface area contributed by atoms with Crippen molar-refractivity contribution in [3.63, 3.8) is 0 Å². The Balaban J connectivity index is 1.80. The summed E-state index contributed by atoms with van der Waals surface area (Å²) in [5, 5.41) is 7.73. The predicted molar refractivity (Wildman–Crippen MR) is 106 cm³/mol. The van der Waals surface area contributed by atoms with Gasteiger partial charge in [0.05, 0.1) is 19.3 Å². The van der Waals surface area contributed by atoms with Crippen LogP contribution >= 0.6 is 0 Å². The molecule has 2 aromatic heterocycles. The van der Waals surface area contributed by atoms with E-state index in [1.165, 1.54) is 16.8 Å². The Morgan fingerprint density at radius 3 is 2.46 bits per heavy atom. The number of fused-ring (bicyclic) bond motifs is 1. The first-order chi connectivity index (χ1) is 13.6. The SMILES string of the molecule is COc1ccc(N(Cc2ccccc2)S(=O)(=O)c2ccc3nncn3c2)cc1. The highest BCUT2D eigenvalue weighted by atomic mass is 32.2. The molecule has 2 heterocycles. The average Bonchev–Trinajstić information content (AvgIpc) is 3.21. The van der Waals surface area contributed by atoms with Crippen LogP contribution in [0.2, 0.25) is 0 Å². The maximum Gasteiger partial charge on any atom is 0.266 e. The Labute approximate surface area is 162 Å². The van der Waals surface area contributed by atoms with Gasteiger partial charge in [0.25, 0.3) is 10.0 Å². The van der Waals surface area contributed by atoms with E-state index >= 15 is 0 Å². The van der Waals surface area contributed by atoms with E-state index in [0.29, 0.717) is 17.1 Å². The van der Waals surface area contributed by atoms with Crippen LogP contribution < -0.4 is 9.04 Å². The number of anilines is 1. The van der Waals surface area contributed by atoms with Crippen LogP contribution in [-0.2, 0) is 16.6 Å². The molecule has 0 unspecified atom stereocenters. The van der Waals surface area contributed by atoms with Gasteiger partial charge in [-0.2, -0.15) is 0 Å². The van der Waals surface area contributed by atoms with Gasteiger partial charge in [-0.25, -0.2) is 8.42 Å². The summed E-state index contributed by atoms with van der Waals surface area (Å²) in [6.07, 6.45) is 3.00. The average molecular weight is 394 g/mol. The van der Waals surface area contributed by atoms with E-state index < -0.39 is 10.0 Å². The predicted octanol–water partition coefficient (Wildman–Crippen LogP) is 3.13. The first-order valence-electron chi connectivity index (χ1n) is 8.58. The smallest absolute Gasteiger partial charge is 0.266 e. The molecule has 0 aliphatic carbocycles. The second-order valence-corrected chi connectivity index (χ2v) is 8.02. The number of methoxy groups -OCH3 is 1. The molecule has 0 radical (unpaired) electrons. The van der Waals surface area contributed by atoms with E-state index in [4.69, 9.17) is 4.74 Å². The largest absolute Gasteiger partial charge is 0.497 e. The van der Waals surface area contributed by atoms with Gasteiger partial charge in [0, 0.05) is 6.20 Å². The number of hydrogen-bond donors (Lipinski definition) is 0. The topological polar surface area (TPSA) is 76.8 Å². The van der Waals surface area contributed by atoms with Gasteiger partial charge in [-0.05, 0) is 42.0 Å². The molecule has 0 bridgehead atoms. The maximum absolute atomic E-state index is 13.5. The molecule has 28 heavy (non-hydrogen) atoms. The van der Waals surface area contributed by atoms with E-state index in [0.717, 1.165) is 5.56 Å². The van der Waals surface area contributed by atoms with Crippen LogP contribution in [0.1, 0.15) is 5.56 Å². The summed E-state index contributed by atoms with van der Waals surface area (Å²) < 4.78 is 35.2. The zero-order valence-electron chi connectivity index (χ0n) is 15.1. The summed E-state index contributed by atoms with van der Waals surface area (Å²) in [6, 6.07) is 19.6. The van der Waals surface area contributed by atoms with Crippen molar-refractivity contribution < 1.29 is 13.2 Å². The van der Waals surface area contributed by atoms with Crippen molar-refractivity contribution in [2.45, 2.75) is 11.4 Å². The van der Waals surface area contributed by atoms with Gasteiger partial charge >= 0.3 is 0 Å². The molecule has 4 rings (SSSR count). The van der Waals surface area contributed by atoms with Gasteiger partial charge in [0.15, 0.2) is 5.65 Å². The number of ether oxygens (including phenoxy) is 1. The molecule has 0 atom stereocenters. The minimum absolute atomic E-state index is 0.159. The van der Waals surface area contributed by atoms with Crippen LogP contribution in [0.4, 0.5) is 5.69 Å². The number of aromatic nitrogens is 3. The fourth-order valence-electron chi connectivity index (χ4n) is 2.90. The summed E-state index contributed by atoms with van der Waals surface area (Å²) in [4.78, 5) is 0.159. The molecule has 4 aromatic rings. The minimum atomic E-state index is -3.83. The van der Waals surface area contributed by atoms with Crippen molar-refractivity contribution in [3.8, 4) is 5.75 Å². The van der Waals surface area contributed by atoms with Crippen LogP contribution in [0, 0.1) is 0 Å². The van der Waals surface area contributed by atoms with Gasteiger partial charge < -0.3 is 4.74 Å². The van der Waals surface area contributed by atoms with E-state index in [9.17, 15) is 8.42 Å².